The minimum atomic E-state index is -0.728. The minimum Gasteiger partial charge on any atom is -0.353 e. The maximum Gasteiger partial charge on any atom is 0.315 e. The molecule has 2 saturated heterocycles. The summed E-state index contributed by atoms with van der Waals surface area (Å²) in [6.07, 6.45) is 7.00. The van der Waals surface area contributed by atoms with E-state index in [4.69, 9.17) is 5.53 Å². The second kappa shape index (κ2) is 20.3. The number of unbranched alkanes of at least 4 members (excludes halogenated alkanes) is 3. The molecule has 4 atom stereocenters. The van der Waals surface area contributed by atoms with Crippen molar-refractivity contribution in [1.82, 2.24) is 21.3 Å². The van der Waals surface area contributed by atoms with Crippen LogP contribution >= 0.6 is 33.3 Å². The van der Waals surface area contributed by atoms with Crippen molar-refractivity contribution in [1.29, 1.82) is 0 Å². The molecule has 4 N–H and O–H groups in total. The number of benzene rings is 1. The molecule has 2 aliphatic rings. The fourth-order valence-corrected chi connectivity index (χ4v) is 8.71. The lowest BCUT2D eigenvalue weighted by molar-refractivity contribution is -0.123. The van der Waals surface area contributed by atoms with Gasteiger partial charge in [-0.05, 0) is 50.3 Å². The van der Waals surface area contributed by atoms with Gasteiger partial charge in [-0.2, -0.15) is 11.8 Å². The molecule has 2 fully saturated rings. The third-order valence-corrected chi connectivity index (χ3v) is 11.5. The third kappa shape index (κ3) is 13.6. The number of nitrogens with zero attached hydrogens (tertiary/aromatic N) is 3. The van der Waals surface area contributed by atoms with Gasteiger partial charge in [0.05, 0.1) is 12.1 Å². The van der Waals surface area contributed by atoms with E-state index in [1.54, 1.807) is 40.6 Å². The number of Topliss-reactive ketones (excluding diaryl/α,β-unsaturated/α-hetero) is 2. The van der Waals surface area contributed by atoms with Crippen molar-refractivity contribution in [2.75, 3.05) is 23.8 Å². The van der Waals surface area contributed by atoms with Gasteiger partial charge in [0.25, 0.3) is 5.91 Å². The molecule has 2 aliphatic heterocycles. The number of urea groups is 1. The molecule has 0 aliphatic carbocycles. The first-order valence-corrected chi connectivity index (χ1v) is 19.0. The first kappa shape index (κ1) is 36.6. The van der Waals surface area contributed by atoms with Crippen LogP contribution in [0.25, 0.3) is 10.4 Å². The number of thioether (sulfide) groups is 1. The van der Waals surface area contributed by atoms with Crippen molar-refractivity contribution >= 4 is 68.4 Å². The Morgan fingerprint density at radius 2 is 1.76 bits per heavy atom. The highest BCUT2D eigenvalue weighted by atomic mass is 33.1. The Labute approximate surface area is 276 Å². The fraction of sp³-hybridized carbons (Fsp3) is 0.633. The molecule has 1 aromatic carbocycles. The lowest BCUT2D eigenvalue weighted by Crippen LogP contribution is -2.47. The Morgan fingerprint density at radius 3 is 2.49 bits per heavy atom. The van der Waals surface area contributed by atoms with Crippen molar-refractivity contribution in [2.24, 2.45) is 5.11 Å². The number of carbonyl (C=O) groups is 5. The lowest BCUT2D eigenvalue weighted by atomic mass is 10.0. The summed E-state index contributed by atoms with van der Waals surface area (Å²) in [5.41, 5.74) is 9.32. The second-order valence-electron chi connectivity index (χ2n) is 11.2. The number of azide groups is 1. The van der Waals surface area contributed by atoms with Crippen LogP contribution in [0.4, 0.5) is 10.5 Å². The molecule has 15 heteroatoms. The zero-order valence-electron chi connectivity index (χ0n) is 25.6. The normalized spacial score (nSPS) is 19.0. The quantitative estimate of drug-likeness (QED) is 0.0312. The molecule has 246 valence electrons. The third-order valence-electron chi connectivity index (χ3n) is 7.60. The van der Waals surface area contributed by atoms with Crippen LogP contribution in [0, 0.1) is 0 Å². The SMILES string of the molecule is CC(=O)CCSSCCNC(=O)C(CCCCCC(=O)CCCCC1SCC2NC(=O)NC21)NC(=O)c1ccc(N=[N+]=[N-])cc1. The van der Waals surface area contributed by atoms with Crippen LogP contribution in [0.1, 0.15) is 81.5 Å². The molecule has 0 radical (unpaired) electrons. The summed E-state index contributed by atoms with van der Waals surface area (Å²) in [5.74, 6) is 2.07. The number of amides is 4. The standard InChI is InChI=1S/C30H43N7O5S3/c1-20(38)15-17-44-45-18-16-32-29(41)24(33-28(40)21-11-13-22(14-12-21)36-37-31)9-4-2-3-7-23(39)8-5-6-10-26-27-25(19-43-26)34-30(42)35-27/h11-14,24-27H,2-10,15-19H2,1H3,(H,32,41)(H,33,40)(H2,34,35,42). The monoisotopic (exact) mass is 677 g/mol. The maximum absolute atomic E-state index is 13.0. The van der Waals surface area contributed by atoms with Gasteiger partial charge in [-0.1, -0.05) is 58.1 Å². The Kier molecular flexibility index (Phi) is 16.5. The van der Waals surface area contributed by atoms with Crippen molar-refractivity contribution in [3.63, 3.8) is 0 Å². The highest BCUT2D eigenvalue weighted by Crippen LogP contribution is 2.33. The van der Waals surface area contributed by atoms with Crippen molar-refractivity contribution < 1.29 is 24.0 Å². The van der Waals surface area contributed by atoms with Crippen molar-refractivity contribution in [2.45, 2.75) is 94.5 Å². The zero-order valence-corrected chi connectivity index (χ0v) is 28.1. The van der Waals surface area contributed by atoms with Crippen molar-refractivity contribution in [3.05, 3.63) is 40.3 Å². The highest BCUT2D eigenvalue weighted by molar-refractivity contribution is 8.76. The van der Waals surface area contributed by atoms with E-state index in [2.05, 4.69) is 31.3 Å². The fourth-order valence-electron chi connectivity index (χ4n) is 5.17. The summed E-state index contributed by atoms with van der Waals surface area (Å²) < 4.78 is 0. The molecule has 45 heavy (non-hydrogen) atoms. The van der Waals surface area contributed by atoms with Crippen molar-refractivity contribution in [3.8, 4) is 0 Å². The molecule has 4 amide bonds. The molecule has 1 aromatic rings. The Balaban J connectivity index is 1.36. The van der Waals surface area contributed by atoms with Gasteiger partial charge >= 0.3 is 6.03 Å². The van der Waals surface area contributed by atoms with Gasteiger partial charge in [0.1, 0.15) is 17.6 Å². The highest BCUT2D eigenvalue weighted by Gasteiger charge is 2.42. The van der Waals surface area contributed by atoms with E-state index in [-0.39, 0.29) is 35.6 Å². The predicted molar refractivity (Wildman–Crippen MR) is 182 cm³/mol. The predicted octanol–water partition coefficient (Wildman–Crippen LogP) is 5.45. The second-order valence-corrected chi connectivity index (χ2v) is 15.1. The molecule has 3 rings (SSSR count). The van der Waals surface area contributed by atoms with Crippen LogP contribution in [0.3, 0.4) is 0 Å². The summed E-state index contributed by atoms with van der Waals surface area (Å²) in [6.45, 7) is 2.00. The van der Waals surface area contributed by atoms with Gasteiger partial charge in [0.15, 0.2) is 0 Å². The molecule has 4 unspecified atom stereocenters. The van der Waals surface area contributed by atoms with E-state index in [1.807, 2.05) is 11.8 Å². The number of hydrogen-bond donors (Lipinski definition) is 4. The van der Waals surface area contributed by atoms with Crippen LogP contribution in [-0.2, 0) is 14.4 Å². The van der Waals surface area contributed by atoms with E-state index in [0.29, 0.717) is 60.9 Å². The van der Waals surface area contributed by atoms with E-state index < -0.39 is 11.9 Å². The molecule has 0 spiro atoms. The number of nitrogens with one attached hydrogen (secondary N) is 4. The Morgan fingerprint density at radius 1 is 1.02 bits per heavy atom. The molecule has 0 aromatic heterocycles. The van der Waals surface area contributed by atoms with E-state index in [0.717, 1.165) is 43.6 Å². The minimum absolute atomic E-state index is 0.0788. The van der Waals surface area contributed by atoms with E-state index >= 15 is 0 Å². The van der Waals surface area contributed by atoms with E-state index in [9.17, 15) is 24.0 Å². The maximum atomic E-state index is 13.0. The van der Waals surface area contributed by atoms with Gasteiger partial charge in [0.2, 0.25) is 5.91 Å². The number of rotatable bonds is 22. The molecule has 12 nitrogen and oxygen atoms in total. The average Bonchev–Trinajstić information content (AvgIpc) is 3.57. The van der Waals surface area contributed by atoms with Crippen LogP contribution < -0.4 is 21.3 Å². The van der Waals surface area contributed by atoms with Gasteiger partial charge in [-0.15, -0.1) is 0 Å². The first-order chi connectivity index (χ1) is 21.8. The van der Waals surface area contributed by atoms with Crippen LogP contribution in [-0.4, -0.2) is 76.6 Å². The summed E-state index contributed by atoms with van der Waals surface area (Å²) >= 11 is 1.89. The average molecular weight is 678 g/mol. The van der Waals surface area contributed by atoms with E-state index in [1.165, 1.54) is 12.1 Å². The molecule has 0 bridgehead atoms. The topological polar surface area (TPSA) is 182 Å². The molecular formula is C30H43N7O5S3. The Hall–Kier alpha value is -2.87. The summed E-state index contributed by atoms with van der Waals surface area (Å²) in [4.78, 5) is 63.7. The molecule has 0 saturated carbocycles. The zero-order chi connectivity index (χ0) is 32.4. The largest absolute Gasteiger partial charge is 0.353 e. The number of hydrogen-bond acceptors (Lipinski definition) is 9. The summed E-state index contributed by atoms with van der Waals surface area (Å²) in [5, 5.41) is 15.6. The lowest BCUT2D eigenvalue weighted by Gasteiger charge is -2.19. The van der Waals surface area contributed by atoms with Gasteiger partial charge in [0, 0.05) is 64.5 Å². The smallest absolute Gasteiger partial charge is 0.315 e. The summed E-state index contributed by atoms with van der Waals surface area (Å²) in [6, 6.07) is 5.77. The molecule has 2 heterocycles. The number of fused-ring (bicyclic) bond motifs is 1. The number of ketones is 2. The van der Waals surface area contributed by atoms with Gasteiger partial charge in [-0.25, -0.2) is 4.79 Å². The van der Waals surface area contributed by atoms with Crippen LogP contribution in [0.15, 0.2) is 29.4 Å². The number of carbonyl (C=O) groups excluding carboxylic acids is 5. The van der Waals surface area contributed by atoms with Crippen LogP contribution in [0.5, 0.6) is 0 Å². The summed E-state index contributed by atoms with van der Waals surface area (Å²) in [7, 11) is 3.18. The first-order valence-electron chi connectivity index (χ1n) is 15.4. The van der Waals surface area contributed by atoms with Gasteiger partial charge < -0.3 is 21.3 Å². The van der Waals surface area contributed by atoms with Crippen LogP contribution in [0.2, 0.25) is 0 Å². The Bertz CT molecular complexity index is 1210. The molecular weight excluding hydrogens is 635 g/mol. The van der Waals surface area contributed by atoms with Gasteiger partial charge in [-0.3, -0.25) is 19.2 Å².